The van der Waals surface area contributed by atoms with E-state index in [0.29, 0.717) is 13.1 Å². The second-order valence-corrected chi connectivity index (χ2v) is 7.18. The number of ether oxygens (including phenoxy) is 3. The van der Waals surface area contributed by atoms with Crippen molar-refractivity contribution in [3.05, 3.63) is 59.2 Å². The number of guanidine groups is 1. The first-order valence-electron chi connectivity index (χ1n) is 10.2. The minimum absolute atomic E-state index is 0.636. The van der Waals surface area contributed by atoms with E-state index in [1.54, 1.807) is 21.3 Å². The Morgan fingerprint density at radius 2 is 1.60 bits per heavy atom. The molecule has 1 fully saturated rings. The van der Waals surface area contributed by atoms with Gasteiger partial charge in [-0.15, -0.1) is 0 Å². The Balaban J connectivity index is 1.51. The van der Waals surface area contributed by atoms with Crippen LogP contribution in [0.1, 0.15) is 16.7 Å². The lowest BCUT2D eigenvalue weighted by atomic mass is 10.1. The molecule has 162 valence electrons. The van der Waals surface area contributed by atoms with E-state index in [9.17, 15) is 0 Å². The summed E-state index contributed by atoms with van der Waals surface area (Å²) in [6.45, 7) is 5.94. The first kappa shape index (κ1) is 21.9. The molecule has 7 heteroatoms. The molecule has 0 aromatic heterocycles. The molecule has 0 amide bonds. The fourth-order valence-corrected chi connectivity index (χ4v) is 3.44. The molecule has 2 aromatic carbocycles. The van der Waals surface area contributed by atoms with Crippen LogP contribution in [0.3, 0.4) is 0 Å². The quantitative estimate of drug-likeness (QED) is 0.513. The second-order valence-electron chi connectivity index (χ2n) is 7.18. The lowest BCUT2D eigenvalue weighted by Crippen LogP contribution is -2.36. The van der Waals surface area contributed by atoms with Crippen molar-refractivity contribution in [2.24, 2.45) is 4.99 Å². The number of hydrogen-bond donors (Lipinski definition) is 2. The SMILES string of the molecule is CN=C(NCc1cccc(CN2CCOCC2)c1)NCc1ccc(OC)c(OC)c1. The van der Waals surface area contributed by atoms with Gasteiger partial charge >= 0.3 is 0 Å². The molecule has 1 aliphatic heterocycles. The number of nitrogens with one attached hydrogen (secondary N) is 2. The minimum Gasteiger partial charge on any atom is -0.493 e. The molecular weight excluding hydrogens is 380 g/mol. The van der Waals surface area contributed by atoms with Crippen LogP contribution in [-0.4, -0.2) is 58.4 Å². The Kier molecular flexibility index (Phi) is 8.35. The van der Waals surface area contributed by atoms with Gasteiger partial charge in [0, 0.05) is 39.8 Å². The van der Waals surface area contributed by atoms with Gasteiger partial charge in [-0.25, -0.2) is 0 Å². The first-order chi connectivity index (χ1) is 14.7. The van der Waals surface area contributed by atoms with Crippen LogP contribution in [-0.2, 0) is 24.4 Å². The summed E-state index contributed by atoms with van der Waals surface area (Å²) in [4.78, 5) is 6.76. The van der Waals surface area contributed by atoms with Gasteiger partial charge in [0.2, 0.25) is 0 Å². The maximum atomic E-state index is 5.43. The van der Waals surface area contributed by atoms with Crippen molar-refractivity contribution in [3.8, 4) is 11.5 Å². The average Bonchev–Trinajstić information content (AvgIpc) is 2.80. The van der Waals surface area contributed by atoms with Crippen LogP contribution < -0.4 is 20.1 Å². The second kappa shape index (κ2) is 11.4. The van der Waals surface area contributed by atoms with Crippen LogP contribution in [0.2, 0.25) is 0 Å². The molecule has 2 aromatic rings. The molecule has 1 heterocycles. The maximum absolute atomic E-state index is 5.43. The summed E-state index contributed by atoms with van der Waals surface area (Å²) in [6, 6.07) is 14.6. The van der Waals surface area contributed by atoms with E-state index in [-0.39, 0.29) is 0 Å². The zero-order valence-electron chi connectivity index (χ0n) is 18.1. The van der Waals surface area contributed by atoms with Gasteiger partial charge in [-0.1, -0.05) is 30.3 Å². The summed E-state index contributed by atoms with van der Waals surface area (Å²) < 4.78 is 16.1. The Labute approximate surface area is 179 Å². The molecule has 3 rings (SSSR count). The fraction of sp³-hybridized carbons (Fsp3) is 0.435. The van der Waals surface area contributed by atoms with Crippen LogP contribution in [0.4, 0.5) is 0 Å². The normalized spacial score (nSPS) is 15.0. The molecule has 0 saturated carbocycles. The number of hydrogen-bond acceptors (Lipinski definition) is 5. The third-order valence-corrected chi connectivity index (χ3v) is 5.09. The predicted molar refractivity (Wildman–Crippen MR) is 119 cm³/mol. The van der Waals surface area contributed by atoms with Gasteiger partial charge in [-0.3, -0.25) is 9.89 Å². The van der Waals surface area contributed by atoms with Crippen molar-refractivity contribution in [1.29, 1.82) is 0 Å². The van der Waals surface area contributed by atoms with Gasteiger partial charge in [0.25, 0.3) is 0 Å². The van der Waals surface area contributed by atoms with E-state index < -0.39 is 0 Å². The molecule has 0 unspecified atom stereocenters. The van der Waals surface area contributed by atoms with Gasteiger partial charge in [0.1, 0.15) is 0 Å². The fourth-order valence-electron chi connectivity index (χ4n) is 3.44. The highest BCUT2D eigenvalue weighted by molar-refractivity contribution is 5.79. The van der Waals surface area contributed by atoms with Gasteiger partial charge in [0.15, 0.2) is 17.5 Å². The molecule has 1 saturated heterocycles. The zero-order valence-corrected chi connectivity index (χ0v) is 18.1. The van der Waals surface area contributed by atoms with Crippen LogP contribution in [0, 0.1) is 0 Å². The van der Waals surface area contributed by atoms with Gasteiger partial charge in [-0.05, 0) is 28.8 Å². The number of morpholine rings is 1. The van der Waals surface area contributed by atoms with E-state index in [1.165, 1.54) is 11.1 Å². The van der Waals surface area contributed by atoms with Crippen molar-refractivity contribution in [3.63, 3.8) is 0 Å². The highest BCUT2D eigenvalue weighted by Gasteiger charge is 2.11. The Morgan fingerprint density at radius 3 is 2.27 bits per heavy atom. The highest BCUT2D eigenvalue weighted by atomic mass is 16.5. The molecule has 7 nitrogen and oxygen atoms in total. The first-order valence-corrected chi connectivity index (χ1v) is 10.2. The van der Waals surface area contributed by atoms with Gasteiger partial charge in [-0.2, -0.15) is 0 Å². The summed E-state index contributed by atoms with van der Waals surface area (Å²) >= 11 is 0. The van der Waals surface area contributed by atoms with E-state index in [4.69, 9.17) is 14.2 Å². The summed E-state index contributed by atoms with van der Waals surface area (Å²) in [7, 11) is 5.05. The Morgan fingerprint density at radius 1 is 0.933 bits per heavy atom. The molecule has 0 spiro atoms. The number of nitrogens with zero attached hydrogens (tertiary/aromatic N) is 2. The molecule has 0 bridgehead atoms. The van der Waals surface area contributed by atoms with Crippen LogP contribution in [0.15, 0.2) is 47.5 Å². The third-order valence-electron chi connectivity index (χ3n) is 5.09. The third kappa shape index (κ3) is 6.37. The summed E-state index contributed by atoms with van der Waals surface area (Å²) in [5, 5.41) is 6.73. The van der Waals surface area contributed by atoms with Crippen molar-refractivity contribution in [1.82, 2.24) is 15.5 Å². The molecular formula is C23H32N4O3. The zero-order chi connectivity index (χ0) is 21.2. The topological polar surface area (TPSA) is 67.4 Å². The summed E-state index contributed by atoms with van der Waals surface area (Å²) in [5.74, 6) is 2.20. The number of aliphatic imine (C=N–C) groups is 1. The van der Waals surface area contributed by atoms with Crippen molar-refractivity contribution < 1.29 is 14.2 Å². The van der Waals surface area contributed by atoms with Crippen molar-refractivity contribution in [2.45, 2.75) is 19.6 Å². The van der Waals surface area contributed by atoms with E-state index >= 15 is 0 Å². The van der Waals surface area contributed by atoms with Crippen LogP contribution in [0.5, 0.6) is 11.5 Å². The molecule has 30 heavy (non-hydrogen) atoms. The minimum atomic E-state index is 0.636. The van der Waals surface area contributed by atoms with Crippen LogP contribution >= 0.6 is 0 Å². The molecule has 0 radical (unpaired) electrons. The van der Waals surface area contributed by atoms with Crippen molar-refractivity contribution in [2.75, 3.05) is 47.6 Å². The van der Waals surface area contributed by atoms with Crippen LogP contribution in [0.25, 0.3) is 0 Å². The average molecular weight is 413 g/mol. The largest absolute Gasteiger partial charge is 0.493 e. The number of rotatable bonds is 8. The van der Waals surface area contributed by atoms with E-state index in [0.717, 1.165) is 55.9 Å². The molecule has 2 N–H and O–H groups in total. The highest BCUT2D eigenvalue weighted by Crippen LogP contribution is 2.27. The lowest BCUT2D eigenvalue weighted by Gasteiger charge is -2.26. The lowest BCUT2D eigenvalue weighted by molar-refractivity contribution is 0.0342. The summed E-state index contributed by atoms with van der Waals surface area (Å²) in [5.41, 5.74) is 3.64. The van der Waals surface area contributed by atoms with Gasteiger partial charge in [0.05, 0.1) is 27.4 Å². The molecule has 0 aliphatic carbocycles. The number of benzene rings is 2. The standard InChI is InChI=1S/C23H32N4O3/c1-24-23(26-16-19-7-8-21(28-2)22(14-19)29-3)25-15-18-5-4-6-20(13-18)17-27-9-11-30-12-10-27/h4-8,13-14H,9-12,15-17H2,1-3H3,(H2,24,25,26). The summed E-state index contributed by atoms with van der Waals surface area (Å²) in [6.07, 6.45) is 0. The van der Waals surface area contributed by atoms with E-state index in [2.05, 4.69) is 44.8 Å². The molecule has 1 aliphatic rings. The smallest absolute Gasteiger partial charge is 0.191 e. The predicted octanol–water partition coefficient (Wildman–Crippen LogP) is 2.40. The number of methoxy groups -OCH3 is 2. The maximum Gasteiger partial charge on any atom is 0.191 e. The monoisotopic (exact) mass is 412 g/mol. The van der Waals surface area contributed by atoms with Crippen molar-refractivity contribution >= 4 is 5.96 Å². The van der Waals surface area contributed by atoms with Gasteiger partial charge < -0.3 is 24.8 Å². The molecule has 0 atom stereocenters. The Bertz CT molecular complexity index is 835. The van der Waals surface area contributed by atoms with E-state index in [1.807, 2.05) is 18.2 Å². The Hall–Kier alpha value is -2.77.